The summed E-state index contributed by atoms with van der Waals surface area (Å²) in [4.78, 5) is 2.00. The Bertz CT molecular complexity index is 798. The number of benzene rings is 2. The summed E-state index contributed by atoms with van der Waals surface area (Å²) in [5, 5.41) is 3.98. The standard InChI is InChI=1S/C18H16ClF3N2S2/c19-14-6-1-4-12(10-14)16-24(8-3-9-26-16)17(25)23-15-7-2-5-13(11-15)18(20,21)22/h1-2,4-7,10-11,16H,3,8-9H2,(H,23,25). The van der Waals surface area contributed by atoms with Crippen molar-refractivity contribution in [2.45, 2.75) is 18.0 Å². The lowest BCUT2D eigenvalue weighted by Gasteiger charge is -2.37. The summed E-state index contributed by atoms with van der Waals surface area (Å²) in [6, 6.07) is 12.6. The van der Waals surface area contributed by atoms with Crippen LogP contribution in [0, 0.1) is 0 Å². The van der Waals surface area contributed by atoms with Gasteiger partial charge in [-0.3, -0.25) is 0 Å². The summed E-state index contributed by atoms with van der Waals surface area (Å²) in [5.74, 6) is 0.986. The Balaban J connectivity index is 1.79. The molecule has 0 amide bonds. The molecular weight excluding hydrogens is 401 g/mol. The smallest absolute Gasteiger partial charge is 0.333 e. The summed E-state index contributed by atoms with van der Waals surface area (Å²) < 4.78 is 38.7. The quantitative estimate of drug-likeness (QED) is 0.586. The Labute approximate surface area is 164 Å². The minimum absolute atomic E-state index is 0.0201. The third-order valence-corrected chi connectivity index (χ3v) is 5.88. The fourth-order valence-corrected chi connectivity index (χ4v) is 4.58. The van der Waals surface area contributed by atoms with E-state index in [-0.39, 0.29) is 5.37 Å². The van der Waals surface area contributed by atoms with Gasteiger partial charge in [0.2, 0.25) is 0 Å². The van der Waals surface area contributed by atoms with Gasteiger partial charge in [-0.2, -0.15) is 13.2 Å². The fourth-order valence-electron chi connectivity index (χ4n) is 2.75. The third-order valence-electron chi connectivity index (χ3n) is 3.94. The van der Waals surface area contributed by atoms with Gasteiger partial charge >= 0.3 is 6.18 Å². The molecule has 1 N–H and O–H groups in total. The van der Waals surface area contributed by atoms with Crippen LogP contribution in [0.4, 0.5) is 18.9 Å². The van der Waals surface area contributed by atoms with Crippen molar-refractivity contribution in [2.24, 2.45) is 0 Å². The molecule has 2 aromatic rings. The summed E-state index contributed by atoms with van der Waals surface area (Å²) in [5.41, 5.74) is 0.644. The predicted octanol–water partition coefficient (Wildman–Crippen LogP) is 6.19. The predicted molar refractivity (Wildman–Crippen MR) is 106 cm³/mol. The lowest BCUT2D eigenvalue weighted by molar-refractivity contribution is -0.137. The zero-order valence-corrected chi connectivity index (χ0v) is 16.0. The van der Waals surface area contributed by atoms with E-state index in [0.29, 0.717) is 15.8 Å². The van der Waals surface area contributed by atoms with Crippen molar-refractivity contribution in [1.82, 2.24) is 4.90 Å². The van der Waals surface area contributed by atoms with Gasteiger partial charge in [-0.1, -0.05) is 29.8 Å². The highest BCUT2D eigenvalue weighted by atomic mass is 35.5. The maximum atomic E-state index is 12.9. The average molecular weight is 417 g/mol. The van der Waals surface area contributed by atoms with Crippen molar-refractivity contribution in [3.8, 4) is 0 Å². The minimum atomic E-state index is -4.39. The Kier molecular flexibility index (Phi) is 5.99. The van der Waals surface area contributed by atoms with Crippen LogP contribution >= 0.6 is 35.6 Å². The van der Waals surface area contributed by atoms with Gasteiger partial charge in [0.05, 0.1) is 5.56 Å². The minimum Gasteiger partial charge on any atom is -0.333 e. The van der Waals surface area contributed by atoms with E-state index in [1.807, 2.05) is 29.2 Å². The summed E-state index contributed by atoms with van der Waals surface area (Å²) >= 11 is 13.3. The number of nitrogens with zero attached hydrogens (tertiary/aromatic N) is 1. The number of rotatable bonds is 2. The molecule has 0 spiro atoms. The molecule has 2 aromatic carbocycles. The number of alkyl halides is 3. The molecule has 0 saturated carbocycles. The van der Waals surface area contributed by atoms with Gasteiger partial charge in [-0.15, -0.1) is 11.8 Å². The second-order valence-corrected chi connectivity index (χ2v) is 7.85. The lowest BCUT2D eigenvalue weighted by atomic mass is 10.2. The van der Waals surface area contributed by atoms with Crippen LogP contribution in [0.5, 0.6) is 0 Å². The number of nitrogens with one attached hydrogen (secondary N) is 1. The van der Waals surface area contributed by atoms with Crippen LogP contribution in [0.25, 0.3) is 0 Å². The molecule has 1 aliphatic heterocycles. The van der Waals surface area contributed by atoms with Crippen molar-refractivity contribution < 1.29 is 13.2 Å². The number of hydrogen-bond acceptors (Lipinski definition) is 2. The van der Waals surface area contributed by atoms with Crippen LogP contribution in [0.2, 0.25) is 5.02 Å². The van der Waals surface area contributed by atoms with E-state index < -0.39 is 11.7 Å². The second-order valence-electron chi connectivity index (χ2n) is 5.83. The Morgan fingerprint density at radius 2 is 1.96 bits per heavy atom. The zero-order valence-electron chi connectivity index (χ0n) is 13.6. The molecule has 0 radical (unpaired) electrons. The molecule has 2 nitrogen and oxygen atoms in total. The highest BCUT2D eigenvalue weighted by Gasteiger charge is 2.31. The monoisotopic (exact) mass is 416 g/mol. The lowest BCUT2D eigenvalue weighted by Crippen LogP contribution is -2.40. The largest absolute Gasteiger partial charge is 0.416 e. The molecule has 1 saturated heterocycles. The molecule has 1 fully saturated rings. The van der Waals surface area contributed by atoms with Crippen molar-refractivity contribution in [3.63, 3.8) is 0 Å². The van der Waals surface area contributed by atoms with Gasteiger partial charge in [-0.25, -0.2) is 0 Å². The van der Waals surface area contributed by atoms with Gasteiger partial charge in [0, 0.05) is 17.3 Å². The number of hydrogen-bond donors (Lipinski definition) is 1. The van der Waals surface area contributed by atoms with E-state index in [1.165, 1.54) is 6.07 Å². The van der Waals surface area contributed by atoms with Crippen LogP contribution in [-0.4, -0.2) is 22.3 Å². The van der Waals surface area contributed by atoms with Crippen molar-refractivity contribution in [1.29, 1.82) is 0 Å². The first kappa shape index (κ1) is 19.3. The summed E-state index contributed by atoms with van der Waals surface area (Å²) in [6.07, 6.45) is -3.43. The highest BCUT2D eigenvalue weighted by Crippen LogP contribution is 2.38. The first-order chi connectivity index (χ1) is 12.3. The Morgan fingerprint density at radius 1 is 1.19 bits per heavy atom. The van der Waals surface area contributed by atoms with E-state index in [9.17, 15) is 13.2 Å². The SMILES string of the molecule is FC(F)(F)c1cccc(NC(=S)N2CCCSC2c2cccc(Cl)c2)c1. The second kappa shape index (κ2) is 8.06. The van der Waals surface area contributed by atoms with Crippen LogP contribution < -0.4 is 5.32 Å². The van der Waals surface area contributed by atoms with E-state index in [4.69, 9.17) is 23.8 Å². The van der Waals surface area contributed by atoms with E-state index in [0.717, 1.165) is 36.4 Å². The number of thiocarbonyl (C=S) groups is 1. The average Bonchev–Trinajstić information content (AvgIpc) is 2.61. The molecule has 1 atom stereocenters. The molecule has 138 valence electrons. The van der Waals surface area contributed by atoms with Gasteiger partial charge in [-0.05, 0) is 60.3 Å². The maximum Gasteiger partial charge on any atom is 0.416 e. The van der Waals surface area contributed by atoms with Crippen molar-refractivity contribution in [3.05, 3.63) is 64.7 Å². The Morgan fingerprint density at radius 3 is 2.69 bits per heavy atom. The molecule has 1 unspecified atom stereocenters. The maximum absolute atomic E-state index is 12.9. The van der Waals surface area contributed by atoms with Crippen LogP contribution in [0.1, 0.15) is 22.9 Å². The zero-order chi connectivity index (χ0) is 18.7. The number of thioether (sulfide) groups is 1. The van der Waals surface area contributed by atoms with Crippen molar-refractivity contribution in [2.75, 3.05) is 17.6 Å². The fraction of sp³-hybridized carbons (Fsp3) is 0.278. The molecule has 26 heavy (non-hydrogen) atoms. The van der Waals surface area contributed by atoms with Crippen molar-refractivity contribution >= 4 is 46.4 Å². The van der Waals surface area contributed by atoms with Gasteiger partial charge in [0.1, 0.15) is 5.37 Å². The van der Waals surface area contributed by atoms with E-state index >= 15 is 0 Å². The molecule has 1 aliphatic rings. The van der Waals surface area contributed by atoms with Crippen LogP contribution in [0.15, 0.2) is 48.5 Å². The molecule has 1 heterocycles. The number of anilines is 1. The van der Waals surface area contributed by atoms with Crippen LogP contribution in [0.3, 0.4) is 0 Å². The van der Waals surface area contributed by atoms with E-state index in [2.05, 4.69) is 5.32 Å². The normalized spacial score (nSPS) is 17.8. The topological polar surface area (TPSA) is 15.3 Å². The molecule has 8 heteroatoms. The molecule has 0 aromatic heterocycles. The van der Waals surface area contributed by atoms with Gasteiger partial charge in [0.15, 0.2) is 5.11 Å². The molecular formula is C18H16ClF3N2S2. The van der Waals surface area contributed by atoms with Gasteiger partial charge in [0.25, 0.3) is 0 Å². The van der Waals surface area contributed by atoms with Crippen LogP contribution in [-0.2, 0) is 6.18 Å². The van der Waals surface area contributed by atoms with Gasteiger partial charge < -0.3 is 10.2 Å². The van der Waals surface area contributed by atoms with E-state index in [1.54, 1.807) is 17.8 Å². The summed E-state index contributed by atoms with van der Waals surface area (Å²) in [6.45, 7) is 0.731. The molecule has 0 aliphatic carbocycles. The summed E-state index contributed by atoms with van der Waals surface area (Å²) in [7, 11) is 0. The number of halogens is 4. The molecule has 0 bridgehead atoms. The first-order valence-corrected chi connectivity index (χ1v) is 9.80. The Hall–Kier alpha value is -1.44. The highest BCUT2D eigenvalue weighted by molar-refractivity contribution is 7.99. The molecule has 3 rings (SSSR count). The third kappa shape index (κ3) is 4.64. The first-order valence-electron chi connectivity index (χ1n) is 7.96.